The number of alkyl halides is 2. The van der Waals surface area contributed by atoms with E-state index in [1.165, 1.54) is 6.07 Å². The van der Waals surface area contributed by atoms with Crippen molar-refractivity contribution in [2.45, 2.75) is 44.8 Å². The molecule has 0 amide bonds. The highest BCUT2D eigenvalue weighted by molar-refractivity contribution is 6.04. The smallest absolute Gasteiger partial charge is 0.387 e. The van der Waals surface area contributed by atoms with Gasteiger partial charge in [0.15, 0.2) is 17.3 Å². The average Bonchev–Trinajstić information content (AvgIpc) is 3.45. The molecule has 1 N–H and O–H groups in total. The van der Waals surface area contributed by atoms with Crippen LogP contribution in [-0.2, 0) is 19.3 Å². The number of Topliss-reactive ketones (excluding diaryl/α,β-unsaturated/α-hetero) is 1. The van der Waals surface area contributed by atoms with Crippen LogP contribution in [0.3, 0.4) is 0 Å². The fraction of sp³-hybridized carbons (Fsp3) is 0.409. The van der Waals surface area contributed by atoms with Crippen LogP contribution < -0.4 is 9.47 Å². The van der Waals surface area contributed by atoms with Crippen molar-refractivity contribution in [3.8, 4) is 11.5 Å². The minimum Gasteiger partial charge on any atom is -0.489 e. The monoisotopic (exact) mass is 388 g/mol. The number of carbonyl (C=O) groups is 1. The molecule has 6 heteroatoms. The highest BCUT2D eigenvalue weighted by Crippen LogP contribution is 2.34. The van der Waals surface area contributed by atoms with Crippen LogP contribution >= 0.6 is 0 Å². The Morgan fingerprint density at radius 2 is 1.93 bits per heavy atom. The Morgan fingerprint density at radius 3 is 2.68 bits per heavy atom. The Morgan fingerprint density at radius 1 is 1.11 bits per heavy atom. The first-order valence-corrected chi connectivity index (χ1v) is 9.55. The Hall–Kier alpha value is -2.47. The van der Waals surface area contributed by atoms with E-state index < -0.39 is 12.7 Å². The van der Waals surface area contributed by atoms with E-state index in [-0.39, 0.29) is 11.5 Å². The van der Waals surface area contributed by atoms with E-state index in [4.69, 9.17) is 4.74 Å². The molecule has 0 heterocycles. The molecule has 1 fully saturated rings. The third kappa shape index (κ3) is 4.17. The molecule has 0 radical (unpaired) electrons. The molecule has 1 unspecified atom stereocenters. The maximum atomic E-state index is 12.6. The van der Waals surface area contributed by atoms with Gasteiger partial charge >= 0.3 is 6.61 Å². The van der Waals surface area contributed by atoms with Crippen LogP contribution in [-0.4, -0.2) is 30.2 Å². The number of carbonyl (C=O) groups excluding carboxylic acids is 1. The van der Waals surface area contributed by atoms with Gasteiger partial charge in [0, 0.05) is 12.0 Å². The molecule has 148 valence electrons. The van der Waals surface area contributed by atoms with Crippen molar-refractivity contribution >= 4 is 5.78 Å². The van der Waals surface area contributed by atoms with Crippen LogP contribution in [0.2, 0.25) is 0 Å². The average molecular weight is 388 g/mol. The van der Waals surface area contributed by atoms with Gasteiger partial charge in [-0.05, 0) is 60.4 Å². The number of benzene rings is 2. The van der Waals surface area contributed by atoms with E-state index in [9.17, 15) is 18.7 Å². The predicted octanol–water partition coefficient (Wildman–Crippen LogP) is 3.96. The molecule has 4 nitrogen and oxygen atoms in total. The predicted molar refractivity (Wildman–Crippen MR) is 99.2 cm³/mol. The fourth-order valence-corrected chi connectivity index (χ4v) is 3.59. The van der Waals surface area contributed by atoms with Crippen molar-refractivity contribution in [3.05, 3.63) is 58.7 Å². The summed E-state index contributed by atoms with van der Waals surface area (Å²) in [6, 6.07) is 10.6. The summed E-state index contributed by atoms with van der Waals surface area (Å²) < 4.78 is 35.6. The lowest BCUT2D eigenvalue weighted by molar-refractivity contribution is -0.0515. The largest absolute Gasteiger partial charge is 0.489 e. The number of rotatable bonds is 8. The second-order valence-electron chi connectivity index (χ2n) is 7.44. The molecule has 2 aromatic rings. The summed E-state index contributed by atoms with van der Waals surface area (Å²) in [6.45, 7) is -2.39. The number of aliphatic hydroxyl groups is 1. The maximum absolute atomic E-state index is 12.6. The maximum Gasteiger partial charge on any atom is 0.387 e. The third-order valence-corrected chi connectivity index (χ3v) is 5.32. The normalized spacial score (nSPS) is 18.4. The molecule has 2 aliphatic carbocycles. The highest BCUT2D eigenvalue weighted by Gasteiger charge is 2.30. The lowest BCUT2D eigenvalue weighted by Crippen LogP contribution is -2.13. The molecule has 0 aromatic heterocycles. The molecule has 0 saturated heterocycles. The zero-order valence-corrected chi connectivity index (χ0v) is 15.4. The topological polar surface area (TPSA) is 55.8 Å². The number of halogens is 2. The Balaban J connectivity index is 1.49. The number of aryl methyl sites for hydroxylation is 2. The quantitative estimate of drug-likeness (QED) is 0.744. The number of aliphatic hydroxyl groups excluding tert-OH is 1. The molecule has 0 bridgehead atoms. The van der Waals surface area contributed by atoms with Crippen LogP contribution in [0.4, 0.5) is 8.78 Å². The van der Waals surface area contributed by atoms with Crippen molar-refractivity contribution in [3.63, 3.8) is 0 Å². The van der Waals surface area contributed by atoms with Gasteiger partial charge < -0.3 is 14.6 Å². The van der Waals surface area contributed by atoms with Crippen molar-refractivity contribution in [2.24, 2.45) is 5.92 Å². The lowest BCUT2D eigenvalue weighted by Gasteiger charge is -2.14. The standard InChI is InChI=1S/C22H22F2O4/c23-22(24)28-19-9-7-13(10-20(19)27-12-14-4-5-14)6-8-15-2-1-3-16-17(15)11-18(25)21(16)26/h1-3,7,9-10,14,18,22,25H,4-6,8,11-12H2. The first-order chi connectivity index (χ1) is 13.5. The van der Waals surface area contributed by atoms with Crippen molar-refractivity contribution in [2.75, 3.05) is 6.61 Å². The Bertz CT molecular complexity index is 877. The summed E-state index contributed by atoms with van der Waals surface area (Å²) in [5.74, 6) is 0.669. The minimum absolute atomic E-state index is 0.0497. The van der Waals surface area contributed by atoms with Gasteiger partial charge in [0.2, 0.25) is 0 Å². The number of hydrogen-bond acceptors (Lipinski definition) is 4. The number of ketones is 1. The Labute approximate surface area is 162 Å². The van der Waals surface area contributed by atoms with Gasteiger partial charge in [-0.3, -0.25) is 4.79 Å². The van der Waals surface area contributed by atoms with Gasteiger partial charge in [0.1, 0.15) is 6.10 Å². The van der Waals surface area contributed by atoms with Crippen molar-refractivity contribution < 1.29 is 28.2 Å². The number of hydrogen-bond donors (Lipinski definition) is 1. The zero-order valence-electron chi connectivity index (χ0n) is 15.4. The molecule has 0 spiro atoms. The molecule has 2 aromatic carbocycles. The van der Waals surface area contributed by atoms with Crippen LogP contribution in [0.5, 0.6) is 11.5 Å². The molecule has 4 rings (SSSR count). The molecule has 1 atom stereocenters. The Kier molecular flexibility index (Phi) is 5.31. The summed E-state index contributed by atoms with van der Waals surface area (Å²) in [6.07, 6.45) is 2.95. The highest BCUT2D eigenvalue weighted by atomic mass is 19.3. The van der Waals surface area contributed by atoms with Gasteiger partial charge in [-0.2, -0.15) is 8.78 Å². The fourth-order valence-electron chi connectivity index (χ4n) is 3.59. The second-order valence-corrected chi connectivity index (χ2v) is 7.44. The first kappa shape index (κ1) is 18.9. The van der Waals surface area contributed by atoms with Crippen LogP contribution in [0, 0.1) is 5.92 Å². The molecular weight excluding hydrogens is 366 g/mol. The van der Waals surface area contributed by atoms with Crippen LogP contribution in [0.15, 0.2) is 36.4 Å². The van der Waals surface area contributed by atoms with E-state index in [1.807, 2.05) is 12.1 Å². The summed E-state index contributed by atoms with van der Waals surface area (Å²) in [4.78, 5) is 12.0. The number of fused-ring (bicyclic) bond motifs is 1. The van der Waals surface area contributed by atoms with E-state index in [0.717, 1.165) is 29.5 Å². The van der Waals surface area contributed by atoms with Crippen LogP contribution in [0.25, 0.3) is 0 Å². The van der Waals surface area contributed by atoms with E-state index in [0.29, 0.717) is 43.1 Å². The van der Waals surface area contributed by atoms with E-state index >= 15 is 0 Å². The van der Waals surface area contributed by atoms with Gasteiger partial charge in [-0.15, -0.1) is 0 Å². The van der Waals surface area contributed by atoms with Crippen LogP contribution in [0.1, 0.15) is 39.9 Å². The van der Waals surface area contributed by atoms with Crippen molar-refractivity contribution in [1.29, 1.82) is 0 Å². The molecule has 0 aliphatic heterocycles. The molecule has 28 heavy (non-hydrogen) atoms. The first-order valence-electron chi connectivity index (χ1n) is 9.55. The summed E-state index contributed by atoms with van der Waals surface area (Å²) in [5, 5.41) is 9.84. The van der Waals surface area contributed by atoms with Crippen molar-refractivity contribution in [1.82, 2.24) is 0 Å². The summed E-state index contributed by atoms with van der Waals surface area (Å²) >= 11 is 0. The van der Waals surface area contributed by atoms with E-state index in [2.05, 4.69) is 4.74 Å². The van der Waals surface area contributed by atoms with Gasteiger partial charge in [-0.1, -0.05) is 24.3 Å². The molecule has 2 aliphatic rings. The summed E-state index contributed by atoms with van der Waals surface area (Å²) in [5.41, 5.74) is 3.47. The zero-order chi connectivity index (χ0) is 19.7. The van der Waals surface area contributed by atoms with Gasteiger partial charge in [0.05, 0.1) is 6.61 Å². The number of ether oxygens (including phenoxy) is 2. The van der Waals surface area contributed by atoms with Gasteiger partial charge in [0.25, 0.3) is 0 Å². The van der Waals surface area contributed by atoms with E-state index in [1.54, 1.807) is 18.2 Å². The molecule has 1 saturated carbocycles. The third-order valence-electron chi connectivity index (χ3n) is 5.32. The lowest BCUT2D eigenvalue weighted by atomic mass is 9.97. The SMILES string of the molecule is O=C1c2cccc(CCc3ccc(OC(F)F)c(OCC4CC4)c3)c2CC1O. The minimum atomic E-state index is -2.90. The summed E-state index contributed by atoms with van der Waals surface area (Å²) in [7, 11) is 0. The second kappa shape index (κ2) is 7.87. The molecular formula is C22H22F2O4. The van der Waals surface area contributed by atoms with Gasteiger partial charge in [-0.25, -0.2) is 0 Å².